The number of aliphatic hydroxyl groups excluding tert-OH is 1. The average Bonchev–Trinajstić information content (AvgIpc) is 2.74. The second-order valence-corrected chi connectivity index (χ2v) is 6.76. The Hall–Kier alpha value is -3.59. The number of halogens is 1. The molecule has 9 heteroatoms. The Balaban J connectivity index is 1.61. The van der Waals surface area contributed by atoms with Gasteiger partial charge in [0, 0.05) is 23.6 Å². The largest absolute Gasteiger partial charge is 0.486 e. The molecule has 30 heavy (non-hydrogen) atoms. The SMILES string of the molecule is O=C(Nc1ccccc1F)N(CCO)Cc1cc2cc3c(cc2[nH]c1=O)OCCO3. The first-order valence-corrected chi connectivity index (χ1v) is 9.42. The molecule has 2 heterocycles. The Kier molecular flexibility index (Phi) is 5.53. The van der Waals surface area contributed by atoms with E-state index in [1.807, 2.05) is 0 Å². The Labute approximate surface area is 170 Å². The number of aromatic amines is 1. The number of benzene rings is 2. The van der Waals surface area contributed by atoms with E-state index < -0.39 is 11.8 Å². The minimum absolute atomic E-state index is 0.0154. The molecule has 1 aliphatic rings. The molecule has 2 aromatic carbocycles. The van der Waals surface area contributed by atoms with Crippen molar-refractivity contribution in [2.24, 2.45) is 0 Å². The number of H-pyrrole nitrogens is 1. The highest BCUT2D eigenvalue weighted by Gasteiger charge is 2.18. The van der Waals surface area contributed by atoms with Crippen LogP contribution in [0.25, 0.3) is 10.9 Å². The summed E-state index contributed by atoms with van der Waals surface area (Å²) >= 11 is 0. The van der Waals surface area contributed by atoms with Gasteiger partial charge in [-0.1, -0.05) is 12.1 Å². The number of nitrogens with zero attached hydrogens (tertiary/aromatic N) is 1. The number of urea groups is 1. The highest BCUT2D eigenvalue weighted by Crippen LogP contribution is 2.33. The van der Waals surface area contributed by atoms with Crippen molar-refractivity contribution in [3.8, 4) is 11.5 Å². The minimum atomic E-state index is -0.629. The van der Waals surface area contributed by atoms with Gasteiger partial charge in [0.2, 0.25) is 0 Å². The van der Waals surface area contributed by atoms with Gasteiger partial charge in [-0.3, -0.25) is 4.79 Å². The molecule has 1 aliphatic heterocycles. The molecule has 0 fully saturated rings. The second kappa shape index (κ2) is 8.42. The van der Waals surface area contributed by atoms with Gasteiger partial charge in [0.15, 0.2) is 11.5 Å². The van der Waals surface area contributed by atoms with Gasteiger partial charge in [0.05, 0.1) is 24.4 Å². The number of nitrogens with one attached hydrogen (secondary N) is 2. The van der Waals surface area contributed by atoms with Gasteiger partial charge in [0.1, 0.15) is 19.0 Å². The number of carbonyl (C=O) groups is 1. The fourth-order valence-corrected chi connectivity index (χ4v) is 3.24. The van der Waals surface area contributed by atoms with Crippen LogP contribution in [0.5, 0.6) is 11.5 Å². The molecule has 156 valence electrons. The van der Waals surface area contributed by atoms with Crippen LogP contribution in [0.15, 0.2) is 47.3 Å². The molecular weight excluding hydrogens is 393 g/mol. The summed E-state index contributed by atoms with van der Waals surface area (Å²) in [6, 6.07) is 10.3. The van der Waals surface area contributed by atoms with E-state index in [4.69, 9.17) is 9.47 Å². The zero-order valence-electron chi connectivity index (χ0n) is 16.0. The quantitative estimate of drug-likeness (QED) is 0.596. The van der Waals surface area contributed by atoms with E-state index in [1.165, 1.54) is 23.1 Å². The number of hydrogen-bond donors (Lipinski definition) is 3. The number of fused-ring (bicyclic) bond motifs is 2. The number of pyridine rings is 1. The number of carbonyl (C=O) groups excluding carboxylic acids is 1. The Bertz CT molecular complexity index is 1150. The van der Waals surface area contributed by atoms with Crippen LogP contribution < -0.4 is 20.3 Å². The Morgan fingerprint density at radius 2 is 1.90 bits per heavy atom. The van der Waals surface area contributed by atoms with Crippen LogP contribution in [0.2, 0.25) is 0 Å². The molecule has 0 bridgehead atoms. The summed E-state index contributed by atoms with van der Waals surface area (Å²) in [5, 5.41) is 12.5. The molecule has 2 amide bonds. The summed E-state index contributed by atoms with van der Waals surface area (Å²) in [5.41, 5.74) is 0.538. The molecule has 8 nitrogen and oxygen atoms in total. The maximum atomic E-state index is 13.8. The van der Waals surface area contributed by atoms with Gasteiger partial charge in [-0.05, 0) is 24.3 Å². The Morgan fingerprint density at radius 1 is 1.17 bits per heavy atom. The van der Waals surface area contributed by atoms with Gasteiger partial charge in [-0.2, -0.15) is 0 Å². The first-order valence-electron chi connectivity index (χ1n) is 9.42. The number of aliphatic hydroxyl groups is 1. The number of para-hydroxylation sites is 1. The van der Waals surface area contributed by atoms with Crippen molar-refractivity contribution in [3.05, 3.63) is 64.2 Å². The standard InChI is InChI=1S/C21H20FN3O5/c22-15-3-1-2-4-16(15)24-21(28)25(5-6-26)12-14-9-13-10-18-19(30-8-7-29-18)11-17(13)23-20(14)27/h1-4,9-11,26H,5-8,12H2,(H,23,27)(H,24,28). The number of aromatic nitrogens is 1. The van der Waals surface area contributed by atoms with Gasteiger partial charge >= 0.3 is 6.03 Å². The van der Waals surface area contributed by atoms with E-state index in [0.29, 0.717) is 41.2 Å². The zero-order chi connectivity index (χ0) is 21.1. The van der Waals surface area contributed by atoms with Crippen LogP contribution in [0.3, 0.4) is 0 Å². The summed E-state index contributed by atoms with van der Waals surface area (Å²) in [6.45, 7) is 0.470. The summed E-state index contributed by atoms with van der Waals surface area (Å²) in [4.78, 5) is 29.2. The van der Waals surface area contributed by atoms with Crippen molar-refractivity contribution in [2.75, 3.05) is 31.7 Å². The second-order valence-electron chi connectivity index (χ2n) is 6.76. The van der Waals surface area contributed by atoms with Gasteiger partial charge < -0.3 is 29.8 Å². The monoisotopic (exact) mass is 413 g/mol. The van der Waals surface area contributed by atoms with Crippen molar-refractivity contribution in [1.82, 2.24) is 9.88 Å². The van der Waals surface area contributed by atoms with Crippen LogP contribution in [0.1, 0.15) is 5.56 Å². The number of amides is 2. The third-order valence-corrected chi connectivity index (χ3v) is 4.72. The van der Waals surface area contributed by atoms with Crippen molar-refractivity contribution in [1.29, 1.82) is 0 Å². The van der Waals surface area contributed by atoms with Crippen LogP contribution >= 0.6 is 0 Å². The summed E-state index contributed by atoms with van der Waals surface area (Å²) < 4.78 is 24.9. The first kappa shape index (κ1) is 19.7. The Morgan fingerprint density at radius 3 is 2.63 bits per heavy atom. The normalized spacial score (nSPS) is 12.6. The predicted molar refractivity (Wildman–Crippen MR) is 108 cm³/mol. The molecule has 3 aromatic rings. The molecular formula is C21H20FN3O5. The lowest BCUT2D eigenvalue weighted by Crippen LogP contribution is -2.38. The van der Waals surface area contributed by atoms with Crippen molar-refractivity contribution >= 4 is 22.6 Å². The van der Waals surface area contributed by atoms with Crippen molar-refractivity contribution in [2.45, 2.75) is 6.54 Å². The fourth-order valence-electron chi connectivity index (χ4n) is 3.24. The van der Waals surface area contributed by atoms with E-state index in [0.717, 1.165) is 0 Å². The first-order chi connectivity index (χ1) is 14.5. The molecule has 0 unspecified atom stereocenters. The van der Waals surface area contributed by atoms with E-state index in [-0.39, 0.29) is 30.9 Å². The minimum Gasteiger partial charge on any atom is -0.486 e. The fraction of sp³-hybridized carbons (Fsp3) is 0.238. The summed E-state index contributed by atoms with van der Waals surface area (Å²) in [6.07, 6.45) is 0. The van der Waals surface area contributed by atoms with Crippen molar-refractivity contribution < 1.29 is 23.8 Å². The molecule has 0 aliphatic carbocycles. The number of hydrogen-bond acceptors (Lipinski definition) is 5. The highest BCUT2D eigenvalue weighted by atomic mass is 19.1. The smallest absolute Gasteiger partial charge is 0.322 e. The summed E-state index contributed by atoms with van der Waals surface area (Å²) in [5.74, 6) is 0.560. The lowest BCUT2D eigenvalue weighted by molar-refractivity contribution is 0.172. The predicted octanol–water partition coefficient (Wildman–Crippen LogP) is 2.46. The summed E-state index contributed by atoms with van der Waals surface area (Å²) in [7, 11) is 0. The topological polar surface area (TPSA) is 104 Å². The number of ether oxygens (including phenoxy) is 2. The molecule has 0 radical (unpaired) electrons. The third-order valence-electron chi connectivity index (χ3n) is 4.72. The molecule has 1 aromatic heterocycles. The van der Waals surface area contributed by atoms with Crippen LogP contribution in [-0.2, 0) is 6.54 Å². The van der Waals surface area contributed by atoms with Gasteiger partial charge in [0.25, 0.3) is 5.56 Å². The highest BCUT2D eigenvalue weighted by molar-refractivity contribution is 5.89. The van der Waals surface area contributed by atoms with Crippen molar-refractivity contribution in [3.63, 3.8) is 0 Å². The van der Waals surface area contributed by atoms with E-state index in [9.17, 15) is 19.1 Å². The third kappa shape index (κ3) is 4.06. The molecule has 0 saturated heterocycles. The van der Waals surface area contributed by atoms with Crippen LogP contribution in [0.4, 0.5) is 14.9 Å². The molecule has 3 N–H and O–H groups in total. The zero-order valence-corrected chi connectivity index (χ0v) is 16.0. The maximum Gasteiger partial charge on any atom is 0.322 e. The van der Waals surface area contributed by atoms with Gasteiger partial charge in [-0.25, -0.2) is 9.18 Å². The lowest BCUT2D eigenvalue weighted by Gasteiger charge is -2.22. The van der Waals surface area contributed by atoms with Gasteiger partial charge in [-0.15, -0.1) is 0 Å². The molecule has 0 spiro atoms. The van der Waals surface area contributed by atoms with E-state index in [2.05, 4.69) is 10.3 Å². The van der Waals surface area contributed by atoms with E-state index >= 15 is 0 Å². The van der Waals surface area contributed by atoms with Crippen LogP contribution in [0, 0.1) is 5.82 Å². The average molecular weight is 413 g/mol. The van der Waals surface area contributed by atoms with E-state index in [1.54, 1.807) is 24.3 Å². The lowest BCUT2D eigenvalue weighted by atomic mass is 10.1. The maximum absolute atomic E-state index is 13.8. The molecule has 4 rings (SSSR count). The molecule has 0 atom stereocenters. The van der Waals surface area contributed by atoms with Crippen LogP contribution in [-0.4, -0.2) is 47.4 Å². The number of rotatable bonds is 5. The molecule has 0 saturated carbocycles. The number of anilines is 1.